The van der Waals surface area contributed by atoms with Crippen molar-refractivity contribution in [2.45, 2.75) is 76.3 Å². The average molecular weight is 619 g/mol. The molecule has 45 heavy (non-hydrogen) atoms. The molecule has 0 atom stereocenters. The van der Waals surface area contributed by atoms with E-state index in [1.54, 1.807) is 12.3 Å². The molecule has 1 aliphatic carbocycles. The first kappa shape index (κ1) is 29.7. The lowest BCUT2D eigenvalue weighted by molar-refractivity contribution is -0.141. The zero-order valence-corrected chi connectivity index (χ0v) is 25.5. The molecule has 236 valence electrons. The molecule has 0 aromatic carbocycles. The van der Waals surface area contributed by atoms with Gasteiger partial charge >= 0.3 is 6.18 Å². The summed E-state index contributed by atoms with van der Waals surface area (Å²) in [5.74, 6) is 0.296. The number of hydrogen-bond acceptors (Lipinski definition) is 8. The van der Waals surface area contributed by atoms with Gasteiger partial charge in [-0.15, -0.1) is 0 Å². The van der Waals surface area contributed by atoms with E-state index in [2.05, 4.69) is 60.1 Å². The number of halogens is 3. The molecule has 4 aromatic rings. The zero-order valence-electron chi connectivity index (χ0n) is 25.5. The van der Waals surface area contributed by atoms with Crippen molar-refractivity contribution < 1.29 is 13.2 Å². The number of aromatic nitrogens is 6. The Balaban J connectivity index is 0.978. The van der Waals surface area contributed by atoms with Gasteiger partial charge in [-0.3, -0.25) is 9.58 Å². The first-order valence-electron chi connectivity index (χ1n) is 15.5. The van der Waals surface area contributed by atoms with Crippen molar-refractivity contribution in [3.05, 3.63) is 54.4 Å². The number of piperidine rings is 1. The Morgan fingerprint density at radius 1 is 1.13 bits per heavy atom. The quantitative estimate of drug-likeness (QED) is 0.269. The Bertz CT molecular complexity index is 1710. The summed E-state index contributed by atoms with van der Waals surface area (Å²) in [6.45, 7) is 8.22. The third-order valence-corrected chi connectivity index (χ3v) is 9.62. The summed E-state index contributed by atoms with van der Waals surface area (Å²) in [4.78, 5) is 20.4. The Morgan fingerprint density at radius 3 is 2.62 bits per heavy atom. The van der Waals surface area contributed by atoms with Gasteiger partial charge in [0.05, 0.1) is 29.9 Å². The van der Waals surface area contributed by atoms with E-state index in [0.717, 1.165) is 74.2 Å². The molecular formula is C32H37F3N10. The summed E-state index contributed by atoms with van der Waals surface area (Å²) in [5.41, 5.74) is 2.07. The fourth-order valence-corrected chi connectivity index (χ4v) is 7.49. The van der Waals surface area contributed by atoms with E-state index in [1.807, 2.05) is 23.1 Å². The van der Waals surface area contributed by atoms with Crippen LogP contribution in [-0.4, -0.2) is 77.8 Å². The van der Waals surface area contributed by atoms with Crippen molar-refractivity contribution in [3.63, 3.8) is 0 Å². The van der Waals surface area contributed by atoms with Crippen LogP contribution in [0.5, 0.6) is 0 Å². The van der Waals surface area contributed by atoms with Crippen LogP contribution in [0.15, 0.2) is 43.1 Å². The number of fused-ring (bicyclic) bond motifs is 1. The maximum Gasteiger partial charge on any atom is 0.433 e. The fraction of sp³-hybridized carbons (Fsp3) is 0.531. The van der Waals surface area contributed by atoms with Crippen LogP contribution in [0.4, 0.5) is 19.0 Å². The highest BCUT2D eigenvalue weighted by Gasteiger charge is 2.49. The van der Waals surface area contributed by atoms with Gasteiger partial charge in [0.1, 0.15) is 23.5 Å². The van der Waals surface area contributed by atoms with Gasteiger partial charge in [-0.25, -0.2) is 15.0 Å². The number of hydrogen-bond donors (Lipinski definition) is 2. The summed E-state index contributed by atoms with van der Waals surface area (Å²) in [7, 11) is 0. The van der Waals surface area contributed by atoms with E-state index in [-0.39, 0.29) is 17.0 Å². The topological polar surface area (TPSA) is 115 Å². The number of aromatic amines is 1. The maximum absolute atomic E-state index is 13.7. The van der Waals surface area contributed by atoms with Gasteiger partial charge in [0, 0.05) is 68.2 Å². The zero-order chi connectivity index (χ0) is 31.4. The van der Waals surface area contributed by atoms with Crippen LogP contribution in [0.25, 0.3) is 22.3 Å². The molecule has 13 heteroatoms. The van der Waals surface area contributed by atoms with Gasteiger partial charge in [0.2, 0.25) is 0 Å². The van der Waals surface area contributed by atoms with E-state index >= 15 is 0 Å². The minimum Gasteiger partial charge on any atom is -0.367 e. The number of likely N-dealkylation sites (tertiary alicyclic amines) is 2. The smallest absolute Gasteiger partial charge is 0.367 e. The summed E-state index contributed by atoms with van der Waals surface area (Å²) >= 11 is 0. The lowest BCUT2D eigenvalue weighted by Crippen LogP contribution is -2.58. The molecule has 4 aromatic heterocycles. The number of pyridine rings is 1. The Morgan fingerprint density at radius 2 is 1.91 bits per heavy atom. The average Bonchev–Trinajstić information content (AvgIpc) is 3.64. The Labute approximate surface area is 259 Å². The number of anilines is 1. The van der Waals surface area contributed by atoms with Crippen molar-refractivity contribution in [1.82, 2.24) is 39.5 Å². The second-order valence-corrected chi connectivity index (χ2v) is 13.8. The molecular weight excluding hydrogens is 581 g/mol. The molecule has 2 N–H and O–H groups in total. The molecule has 1 saturated carbocycles. The molecule has 0 bridgehead atoms. The van der Waals surface area contributed by atoms with E-state index in [0.29, 0.717) is 30.4 Å². The molecule has 0 spiro atoms. The van der Waals surface area contributed by atoms with Crippen LogP contribution in [0.3, 0.4) is 0 Å². The molecule has 3 aliphatic rings. The predicted octanol–water partition coefficient (Wildman–Crippen LogP) is 5.42. The summed E-state index contributed by atoms with van der Waals surface area (Å²) in [5, 5.41) is 18.6. The molecule has 0 amide bonds. The van der Waals surface area contributed by atoms with Crippen LogP contribution in [0, 0.1) is 16.7 Å². The van der Waals surface area contributed by atoms with Crippen molar-refractivity contribution in [1.29, 1.82) is 5.26 Å². The van der Waals surface area contributed by atoms with Gasteiger partial charge in [-0.2, -0.15) is 23.5 Å². The van der Waals surface area contributed by atoms with Gasteiger partial charge in [-0.1, -0.05) is 13.8 Å². The molecule has 2 aliphatic heterocycles. The van der Waals surface area contributed by atoms with Crippen LogP contribution < -0.4 is 5.32 Å². The van der Waals surface area contributed by atoms with Crippen LogP contribution in [-0.2, 0) is 18.3 Å². The minimum absolute atomic E-state index is 0.0452. The van der Waals surface area contributed by atoms with Crippen LogP contribution >= 0.6 is 0 Å². The van der Waals surface area contributed by atoms with E-state index < -0.39 is 11.9 Å². The normalized spacial score (nSPS) is 24.2. The maximum atomic E-state index is 13.7. The highest BCUT2D eigenvalue weighted by molar-refractivity contribution is 5.90. The number of rotatable bonds is 8. The number of nitrogens with zero attached hydrogens (tertiary/aromatic N) is 8. The van der Waals surface area contributed by atoms with Gasteiger partial charge in [0.25, 0.3) is 0 Å². The van der Waals surface area contributed by atoms with E-state index in [1.165, 1.54) is 12.4 Å². The SMILES string of the molecule is CC1(C)CN(Cc2cc(NC3CCN([C@H]4C[C@@](CC#N)(n5cc(-c6ncnc7[nH]ccc67)cn5)C4)CC3)nc(C(F)(F)F)c2)C1. The van der Waals surface area contributed by atoms with Gasteiger partial charge < -0.3 is 15.2 Å². The molecule has 2 saturated heterocycles. The monoisotopic (exact) mass is 618 g/mol. The third kappa shape index (κ3) is 5.89. The lowest BCUT2D eigenvalue weighted by atomic mass is 9.69. The van der Waals surface area contributed by atoms with Gasteiger partial charge in [0.15, 0.2) is 0 Å². The third-order valence-electron chi connectivity index (χ3n) is 9.62. The van der Waals surface area contributed by atoms with Crippen LogP contribution in [0.2, 0.25) is 0 Å². The predicted molar refractivity (Wildman–Crippen MR) is 163 cm³/mol. The largest absolute Gasteiger partial charge is 0.433 e. The number of alkyl halides is 3. The second-order valence-electron chi connectivity index (χ2n) is 13.8. The van der Waals surface area contributed by atoms with Crippen molar-refractivity contribution in [2.24, 2.45) is 5.41 Å². The number of H-pyrrole nitrogens is 1. The highest BCUT2D eigenvalue weighted by atomic mass is 19.4. The Kier molecular flexibility index (Phi) is 7.32. The Hall–Kier alpha value is -4.02. The number of nitrogens with one attached hydrogen (secondary N) is 2. The van der Waals surface area contributed by atoms with Crippen LogP contribution in [0.1, 0.15) is 57.2 Å². The summed E-state index contributed by atoms with van der Waals surface area (Å²) < 4.78 is 43.0. The molecule has 10 nitrogen and oxygen atoms in total. The number of nitriles is 1. The van der Waals surface area contributed by atoms with E-state index in [4.69, 9.17) is 0 Å². The second kappa shape index (κ2) is 11.1. The standard InChI is InChI=1S/C32H37F3N10/c1-30(2)18-43(19-30)16-21-11-26(32(33,34)35)42-27(12-21)41-23-4-9-44(10-5-23)24-13-31(14-24,6-7-36)45-17-22(15-40-45)28-25-3-8-37-29(25)39-20-38-28/h3,8,11-12,15,17,20,23-24H,4-6,9-10,13-14,16,18-19H2,1-2H3,(H,41,42)(H,37,38,39)/t24-,31+. The van der Waals surface area contributed by atoms with Crippen molar-refractivity contribution >= 4 is 16.9 Å². The molecule has 7 rings (SSSR count). The first-order chi connectivity index (χ1) is 21.5. The molecule has 3 fully saturated rings. The van der Waals surface area contributed by atoms with Crippen molar-refractivity contribution in [3.8, 4) is 17.3 Å². The lowest BCUT2D eigenvalue weighted by Gasteiger charge is -2.52. The molecule has 0 radical (unpaired) electrons. The molecule has 6 heterocycles. The fourth-order valence-electron chi connectivity index (χ4n) is 7.49. The van der Waals surface area contributed by atoms with E-state index in [9.17, 15) is 18.4 Å². The van der Waals surface area contributed by atoms with Gasteiger partial charge in [-0.05, 0) is 54.9 Å². The summed E-state index contributed by atoms with van der Waals surface area (Å²) in [6.07, 6.45) is 6.26. The molecule has 0 unspecified atom stereocenters. The highest BCUT2D eigenvalue weighted by Crippen LogP contribution is 2.46. The van der Waals surface area contributed by atoms with Crippen molar-refractivity contribution in [2.75, 3.05) is 31.5 Å². The minimum atomic E-state index is -4.50. The first-order valence-corrected chi connectivity index (χ1v) is 15.5. The summed E-state index contributed by atoms with van der Waals surface area (Å²) in [6, 6.07) is 7.64.